The van der Waals surface area contributed by atoms with Crippen molar-refractivity contribution in [2.24, 2.45) is 0 Å². The third kappa shape index (κ3) is 2.70. The van der Waals surface area contributed by atoms with Gasteiger partial charge in [0.25, 0.3) is 11.8 Å². The number of rotatable bonds is 3. The van der Waals surface area contributed by atoms with Crippen LogP contribution in [0.2, 0.25) is 0 Å². The predicted molar refractivity (Wildman–Crippen MR) is 67.7 cm³/mol. The Hall–Kier alpha value is -0.430. The minimum Gasteiger partial charge on any atom is -0.268 e. The number of halogens is 3. The van der Waals surface area contributed by atoms with Gasteiger partial charge in [0.2, 0.25) is 0 Å². The van der Waals surface area contributed by atoms with Gasteiger partial charge in [0.1, 0.15) is 0 Å². The summed E-state index contributed by atoms with van der Waals surface area (Å²) in [4.78, 5) is 23.6. The van der Waals surface area contributed by atoms with Gasteiger partial charge in [0.05, 0.1) is 11.1 Å². The van der Waals surface area contributed by atoms with Crippen LogP contribution in [0.25, 0.3) is 0 Å². The minimum absolute atomic E-state index is 0.291. The molecule has 2 amide bonds. The molecular weight excluding hydrogens is 308 g/mol. The number of hydrogen-bond donors (Lipinski definition) is 0. The van der Waals surface area contributed by atoms with E-state index in [-0.39, 0.29) is 0 Å². The molecule has 0 unspecified atom stereocenters. The van der Waals surface area contributed by atoms with Crippen LogP contribution in [-0.2, 0) is 0 Å². The molecule has 0 bridgehead atoms. The first-order chi connectivity index (χ1) is 7.90. The fourth-order valence-electron chi connectivity index (χ4n) is 1.31. The number of benzene rings is 1. The van der Waals surface area contributed by atoms with Crippen molar-refractivity contribution in [3.8, 4) is 0 Å². The molecule has 8 heteroatoms. The lowest BCUT2D eigenvalue weighted by Crippen LogP contribution is -2.21. The van der Waals surface area contributed by atoms with E-state index in [1.165, 1.54) is 12.1 Å². The van der Waals surface area contributed by atoms with Crippen LogP contribution >= 0.6 is 45.0 Å². The first kappa shape index (κ1) is 13.0. The molecule has 1 heterocycles. The maximum Gasteiger partial charge on any atom is 0.316 e. The Morgan fingerprint density at radius 3 is 2.00 bits per heavy atom. The summed E-state index contributed by atoms with van der Waals surface area (Å²) in [7, 11) is 0.950. The van der Waals surface area contributed by atoms with Crippen molar-refractivity contribution in [3.05, 3.63) is 35.4 Å². The molecule has 0 radical (unpaired) electrons. The van der Waals surface area contributed by atoms with Crippen molar-refractivity contribution in [1.82, 2.24) is 4.31 Å². The summed E-state index contributed by atoms with van der Waals surface area (Å²) in [5.74, 6) is -0.999. The SMILES string of the molecule is O=C1c2ccccc2C(=O)N1SSC(F)(Cl)Cl. The molecule has 1 aromatic carbocycles. The summed E-state index contributed by atoms with van der Waals surface area (Å²) in [6.45, 7) is 0. The lowest BCUT2D eigenvalue weighted by molar-refractivity contribution is 0.0779. The molecule has 0 spiro atoms. The van der Waals surface area contributed by atoms with Crippen molar-refractivity contribution >= 4 is 56.8 Å². The van der Waals surface area contributed by atoms with Gasteiger partial charge in [-0.3, -0.25) is 9.59 Å². The van der Waals surface area contributed by atoms with E-state index >= 15 is 0 Å². The summed E-state index contributed by atoms with van der Waals surface area (Å²) >= 11 is 10.2. The monoisotopic (exact) mass is 311 g/mol. The topological polar surface area (TPSA) is 37.4 Å². The predicted octanol–water partition coefficient (Wildman–Crippen LogP) is 3.64. The van der Waals surface area contributed by atoms with E-state index in [1.54, 1.807) is 12.1 Å². The molecule has 90 valence electrons. The molecule has 0 saturated carbocycles. The van der Waals surface area contributed by atoms with Crippen LogP contribution < -0.4 is 0 Å². The van der Waals surface area contributed by atoms with E-state index in [0.717, 1.165) is 4.31 Å². The number of nitrogens with zero attached hydrogens (tertiary/aromatic N) is 1. The van der Waals surface area contributed by atoms with Gasteiger partial charge in [0.15, 0.2) is 0 Å². The molecule has 1 aliphatic rings. The first-order valence-electron chi connectivity index (χ1n) is 4.30. The van der Waals surface area contributed by atoms with E-state index < -0.39 is 15.7 Å². The smallest absolute Gasteiger partial charge is 0.268 e. The average molecular weight is 312 g/mol. The zero-order valence-electron chi connectivity index (χ0n) is 8.02. The van der Waals surface area contributed by atoms with Crippen molar-refractivity contribution < 1.29 is 14.0 Å². The minimum atomic E-state index is -2.56. The van der Waals surface area contributed by atoms with Gasteiger partial charge in [-0.2, -0.15) is 4.39 Å². The molecule has 17 heavy (non-hydrogen) atoms. The number of carbonyl (C=O) groups is 2. The Bertz CT molecular complexity index is 457. The molecule has 0 saturated heterocycles. The summed E-state index contributed by atoms with van der Waals surface area (Å²) in [5.41, 5.74) is 0.582. The third-order valence-electron chi connectivity index (χ3n) is 1.96. The summed E-state index contributed by atoms with van der Waals surface area (Å²) < 4.78 is 11.1. The van der Waals surface area contributed by atoms with Gasteiger partial charge >= 0.3 is 3.92 Å². The summed E-state index contributed by atoms with van der Waals surface area (Å²) in [6.07, 6.45) is 0. The Labute approximate surface area is 114 Å². The zero-order chi connectivity index (χ0) is 12.6. The number of carbonyl (C=O) groups excluding carboxylic acids is 2. The number of imide groups is 1. The number of alkyl halides is 3. The zero-order valence-corrected chi connectivity index (χ0v) is 11.2. The van der Waals surface area contributed by atoms with Gasteiger partial charge in [-0.1, -0.05) is 35.3 Å². The van der Waals surface area contributed by atoms with Crippen LogP contribution in [-0.4, -0.2) is 20.0 Å². The van der Waals surface area contributed by atoms with E-state index in [4.69, 9.17) is 23.2 Å². The van der Waals surface area contributed by atoms with Crippen LogP contribution in [0.5, 0.6) is 0 Å². The van der Waals surface area contributed by atoms with Crippen molar-refractivity contribution in [1.29, 1.82) is 0 Å². The molecule has 3 nitrogen and oxygen atoms in total. The largest absolute Gasteiger partial charge is 0.316 e. The van der Waals surface area contributed by atoms with Crippen molar-refractivity contribution in [3.63, 3.8) is 0 Å². The Morgan fingerprint density at radius 2 is 1.59 bits per heavy atom. The third-order valence-corrected chi connectivity index (χ3v) is 5.08. The lowest BCUT2D eigenvalue weighted by Gasteiger charge is -2.13. The fraction of sp³-hybridized carbons (Fsp3) is 0.111. The molecule has 0 atom stereocenters. The van der Waals surface area contributed by atoms with Gasteiger partial charge < -0.3 is 0 Å². The molecule has 0 N–H and O–H groups in total. The van der Waals surface area contributed by atoms with Gasteiger partial charge in [-0.25, -0.2) is 4.31 Å². The molecule has 2 rings (SSSR count). The molecule has 1 aliphatic heterocycles. The van der Waals surface area contributed by atoms with Crippen LogP contribution in [0.3, 0.4) is 0 Å². The van der Waals surface area contributed by atoms with Crippen molar-refractivity contribution in [2.75, 3.05) is 0 Å². The molecule has 1 aromatic rings. The quantitative estimate of drug-likeness (QED) is 0.370. The van der Waals surface area contributed by atoms with Crippen LogP contribution in [0.4, 0.5) is 4.39 Å². The number of fused-ring (bicyclic) bond motifs is 1. The summed E-state index contributed by atoms with van der Waals surface area (Å²) in [5, 5.41) is 0. The molecule has 0 aliphatic carbocycles. The average Bonchev–Trinajstić information content (AvgIpc) is 2.49. The Morgan fingerprint density at radius 1 is 1.12 bits per heavy atom. The van der Waals surface area contributed by atoms with Gasteiger partial charge in [-0.05, 0) is 12.1 Å². The highest BCUT2D eigenvalue weighted by molar-refractivity contribution is 8.77. The van der Waals surface area contributed by atoms with Crippen LogP contribution in [0.1, 0.15) is 20.7 Å². The maximum absolute atomic E-state index is 12.8. The maximum atomic E-state index is 12.8. The first-order valence-corrected chi connectivity index (χ1v) is 7.17. The number of amides is 2. The second-order valence-corrected chi connectivity index (χ2v) is 6.93. The Kier molecular flexibility index (Phi) is 3.58. The lowest BCUT2D eigenvalue weighted by atomic mass is 10.1. The highest BCUT2D eigenvalue weighted by Gasteiger charge is 2.38. The second kappa shape index (κ2) is 4.68. The highest BCUT2D eigenvalue weighted by atomic mass is 35.5. The Balaban J connectivity index is 2.19. The van der Waals surface area contributed by atoms with Crippen LogP contribution in [0.15, 0.2) is 24.3 Å². The van der Waals surface area contributed by atoms with Gasteiger partial charge in [-0.15, -0.1) is 0 Å². The van der Waals surface area contributed by atoms with Gasteiger partial charge in [0, 0.05) is 21.8 Å². The van der Waals surface area contributed by atoms with E-state index in [9.17, 15) is 14.0 Å². The molecular formula is C9H4Cl2FNO2S2. The fourth-order valence-corrected chi connectivity index (χ4v) is 3.20. The van der Waals surface area contributed by atoms with Crippen molar-refractivity contribution in [2.45, 2.75) is 3.92 Å². The van der Waals surface area contributed by atoms with E-state index in [0.29, 0.717) is 32.9 Å². The standard InChI is InChI=1S/C9H4Cl2FNO2S2/c10-9(11,12)16-17-13-7(14)5-3-1-2-4-6(5)8(13)15/h1-4H. The number of hydrogen-bond acceptors (Lipinski definition) is 4. The molecule has 0 fully saturated rings. The normalized spacial score (nSPS) is 15.4. The molecule has 0 aromatic heterocycles. The van der Waals surface area contributed by atoms with Crippen LogP contribution in [0, 0.1) is 0 Å². The van der Waals surface area contributed by atoms with E-state index in [2.05, 4.69) is 0 Å². The van der Waals surface area contributed by atoms with E-state index in [1.807, 2.05) is 0 Å². The second-order valence-electron chi connectivity index (χ2n) is 3.05. The summed E-state index contributed by atoms with van der Waals surface area (Å²) in [6, 6.07) is 6.36. The highest BCUT2D eigenvalue weighted by Crippen LogP contribution is 2.47.